The molecule has 6 nitrogen and oxygen atoms in total. The Kier molecular flexibility index (Phi) is 6.57. The zero-order chi connectivity index (χ0) is 21.7. The smallest absolute Gasteiger partial charge is 0.319 e. The zero-order valence-electron chi connectivity index (χ0n) is 17.5. The van der Waals surface area contributed by atoms with E-state index in [1.165, 1.54) is 0 Å². The molecule has 3 N–H and O–H groups in total. The first-order chi connectivity index (χ1) is 14.4. The van der Waals surface area contributed by atoms with Gasteiger partial charge in [0.05, 0.1) is 11.6 Å². The lowest BCUT2D eigenvalue weighted by atomic mass is 9.94. The molecule has 0 saturated carbocycles. The fourth-order valence-electron chi connectivity index (χ4n) is 3.49. The summed E-state index contributed by atoms with van der Waals surface area (Å²) in [5, 5.41) is 8.59. The van der Waals surface area contributed by atoms with E-state index in [9.17, 15) is 9.59 Å². The van der Waals surface area contributed by atoms with E-state index in [4.69, 9.17) is 4.74 Å². The molecule has 0 radical (unpaired) electrons. The molecule has 0 bridgehead atoms. The van der Waals surface area contributed by atoms with Crippen molar-refractivity contribution in [3.8, 4) is 5.75 Å². The van der Waals surface area contributed by atoms with Gasteiger partial charge in [0.15, 0.2) is 0 Å². The Morgan fingerprint density at radius 2 is 2.00 bits per heavy atom. The molecule has 0 aromatic heterocycles. The standard InChI is InChI=1S/C24H27N3O3/c1-5-13-30-18-10-8-9-17(14-18)22-21(16(4)25-24(29)27-22)23(28)26-20-12-7-6-11-19(20)15(2)3/h5-12,14-15,22H,1,13H2,2-4H3,(H,26,28)(H2,25,27,29)/t22-/m1/s1. The van der Waals surface area contributed by atoms with Gasteiger partial charge in [0, 0.05) is 11.4 Å². The number of rotatable bonds is 7. The Hall–Kier alpha value is -3.54. The van der Waals surface area contributed by atoms with Crippen molar-refractivity contribution in [3.63, 3.8) is 0 Å². The van der Waals surface area contributed by atoms with Crippen molar-refractivity contribution in [2.24, 2.45) is 0 Å². The Morgan fingerprint density at radius 1 is 1.23 bits per heavy atom. The fraction of sp³-hybridized carbons (Fsp3) is 0.250. The average Bonchev–Trinajstić information content (AvgIpc) is 2.72. The predicted molar refractivity (Wildman–Crippen MR) is 118 cm³/mol. The molecule has 1 heterocycles. The Balaban J connectivity index is 1.95. The number of benzene rings is 2. The third kappa shape index (κ3) is 4.71. The maximum Gasteiger partial charge on any atom is 0.319 e. The molecule has 1 atom stereocenters. The van der Waals surface area contributed by atoms with Crippen molar-refractivity contribution < 1.29 is 14.3 Å². The number of anilines is 1. The zero-order valence-corrected chi connectivity index (χ0v) is 17.5. The van der Waals surface area contributed by atoms with Crippen LogP contribution in [0, 0.1) is 0 Å². The summed E-state index contributed by atoms with van der Waals surface area (Å²) in [4.78, 5) is 25.4. The van der Waals surface area contributed by atoms with Crippen LogP contribution in [-0.2, 0) is 4.79 Å². The highest BCUT2D eigenvalue weighted by Gasteiger charge is 2.31. The number of allylic oxidation sites excluding steroid dienone is 1. The summed E-state index contributed by atoms with van der Waals surface area (Å²) >= 11 is 0. The van der Waals surface area contributed by atoms with Gasteiger partial charge in [-0.3, -0.25) is 4.79 Å². The summed E-state index contributed by atoms with van der Waals surface area (Å²) in [6, 6.07) is 14.1. The Bertz CT molecular complexity index is 995. The van der Waals surface area contributed by atoms with E-state index in [2.05, 4.69) is 36.4 Å². The van der Waals surface area contributed by atoms with Crippen molar-refractivity contribution >= 4 is 17.6 Å². The lowest BCUT2D eigenvalue weighted by Crippen LogP contribution is -2.46. The minimum Gasteiger partial charge on any atom is -0.490 e. The predicted octanol–water partition coefficient (Wildman–Crippen LogP) is 4.64. The quantitative estimate of drug-likeness (QED) is 0.587. The van der Waals surface area contributed by atoms with Crippen LogP contribution in [0.25, 0.3) is 0 Å². The van der Waals surface area contributed by atoms with E-state index in [1.807, 2.05) is 48.5 Å². The molecule has 1 aliphatic rings. The van der Waals surface area contributed by atoms with Gasteiger partial charge in [-0.1, -0.05) is 56.8 Å². The Labute approximate surface area is 177 Å². The van der Waals surface area contributed by atoms with Crippen molar-refractivity contribution in [1.82, 2.24) is 10.6 Å². The molecule has 0 aliphatic carbocycles. The van der Waals surface area contributed by atoms with Crippen LogP contribution in [0.4, 0.5) is 10.5 Å². The molecule has 2 aromatic rings. The van der Waals surface area contributed by atoms with Gasteiger partial charge in [-0.2, -0.15) is 0 Å². The van der Waals surface area contributed by atoms with Crippen molar-refractivity contribution in [1.29, 1.82) is 0 Å². The first kappa shape index (κ1) is 21.2. The molecule has 30 heavy (non-hydrogen) atoms. The van der Waals surface area contributed by atoms with Gasteiger partial charge in [0.25, 0.3) is 5.91 Å². The molecule has 0 spiro atoms. The van der Waals surface area contributed by atoms with Gasteiger partial charge in [0.2, 0.25) is 0 Å². The molecule has 0 fully saturated rings. The molecular formula is C24H27N3O3. The lowest BCUT2D eigenvalue weighted by molar-refractivity contribution is -0.113. The summed E-state index contributed by atoms with van der Waals surface area (Å²) in [6.45, 7) is 9.91. The fourth-order valence-corrected chi connectivity index (χ4v) is 3.49. The number of urea groups is 1. The van der Waals surface area contributed by atoms with Crippen LogP contribution in [0.2, 0.25) is 0 Å². The van der Waals surface area contributed by atoms with Crippen LogP contribution in [0.3, 0.4) is 0 Å². The van der Waals surface area contributed by atoms with Gasteiger partial charge in [0.1, 0.15) is 12.4 Å². The second-order valence-electron chi connectivity index (χ2n) is 7.44. The van der Waals surface area contributed by atoms with Crippen LogP contribution in [0.5, 0.6) is 5.75 Å². The highest BCUT2D eigenvalue weighted by Crippen LogP contribution is 2.31. The van der Waals surface area contributed by atoms with E-state index in [-0.39, 0.29) is 17.9 Å². The van der Waals surface area contributed by atoms with Gasteiger partial charge in [-0.25, -0.2) is 4.79 Å². The molecule has 6 heteroatoms. The maximum atomic E-state index is 13.3. The summed E-state index contributed by atoms with van der Waals surface area (Å²) < 4.78 is 5.61. The minimum atomic E-state index is -0.600. The molecule has 3 amide bonds. The summed E-state index contributed by atoms with van der Waals surface area (Å²) in [5.41, 5.74) is 3.53. The van der Waals surface area contributed by atoms with Crippen LogP contribution in [0.1, 0.15) is 43.9 Å². The summed E-state index contributed by atoms with van der Waals surface area (Å²) in [6.07, 6.45) is 1.66. The lowest BCUT2D eigenvalue weighted by Gasteiger charge is -2.29. The van der Waals surface area contributed by atoms with Gasteiger partial charge in [-0.15, -0.1) is 0 Å². The summed E-state index contributed by atoms with van der Waals surface area (Å²) in [7, 11) is 0. The minimum absolute atomic E-state index is 0.259. The molecule has 1 aliphatic heterocycles. The Morgan fingerprint density at radius 3 is 2.73 bits per heavy atom. The topological polar surface area (TPSA) is 79.5 Å². The maximum absolute atomic E-state index is 13.3. The number of carbonyl (C=O) groups excluding carboxylic acids is 2. The number of hydrogen-bond donors (Lipinski definition) is 3. The van der Waals surface area contributed by atoms with E-state index in [1.54, 1.807) is 13.0 Å². The van der Waals surface area contributed by atoms with Gasteiger partial charge >= 0.3 is 6.03 Å². The number of carbonyl (C=O) groups is 2. The first-order valence-corrected chi connectivity index (χ1v) is 9.93. The second-order valence-corrected chi connectivity index (χ2v) is 7.44. The molecular weight excluding hydrogens is 378 g/mol. The monoisotopic (exact) mass is 405 g/mol. The highest BCUT2D eigenvalue weighted by atomic mass is 16.5. The normalized spacial score (nSPS) is 16.0. The van der Waals surface area contributed by atoms with Crippen LogP contribution in [0.15, 0.2) is 72.5 Å². The molecule has 0 unspecified atom stereocenters. The van der Waals surface area contributed by atoms with Crippen LogP contribution in [-0.4, -0.2) is 18.5 Å². The molecule has 3 rings (SSSR count). The third-order valence-corrected chi connectivity index (χ3v) is 4.90. The average molecular weight is 405 g/mol. The highest BCUT2D eigenvalue weighted by molar-refractivity contribution is 6.07. The SMILES string of the molecule is C=CCOc1cccc([C@H]2NC(=O)NC(C)=C2C(=O)Nc2ccccc2C(C)C)c1. The van der Waals surface area contributed by atoms with Gasteiger partial charge < -0.3 is 20.7 Å². The van der Waals surface area contributed by atoms with E-state index in [0.29, 0.717) is 23.6 Å². The third-order valence-electron chi connectivity index (χ3n) is 4.90. The number of nitrogens with one attached hydrogen (secondary N) is 3. The number of hydrogen-bond acceptors (Lipinski definition) is 3. The van der Waals surface area contributed by atoms with Crippen molar-refractivity contribution in [3.05, 3.63) is 83.6 Å². The first-order valence-electron chi connectivity index (χ1n) is 9.93. The van der Waals surface area contributed by atoms with E-state index < -0.39 is 6.04 Å². The van der Waals surface area contributed by atoms with E-state index >= 15 is 0 Å². The number of amides is 3. The van der Waals surface area contributed by atoms with Crippen molar-refractivity contribution in [2.75, 3.05) is 11.9 Å². The summed E-state index contributed by atoms with van der Waals surface area (Å²) in [5.74, 6) is 0.633. The van der Waals surface area contributed by atoms with Crippen molar-refractivity contribution in [2.45, 2.75) is 32.7 Å². The van der Waals surface area contributed by atoms with Gasteiger partial charge in [-0.05, 0) is 42.2 Å². The van der Waals surface area contributed by atoms with Crippen LogP contribution < -0.4 is 20.7 Å². The molecule has 2 aromatic carbocycles. The molecule has 156 valence electrons. The number of para-hydroxylation sites is 1. The number of ether oxygens (including phenoxy) is 1. The largest absolute Gasteiger partial charge is 0.490 e. The van der Waals surface area contributed by atoms with Crippen LogP contribution >= 0.6 is 0 Å². The molecule has 0 saturated heterocycles. The van der Waals surface area contributed by atoms with E-state index in [0.717, 1.165) is 16.8 Å². The second kappa shape index (κ2) is 9.31.